The van der Waals surface area contributed by atoms with Crippen LogP contribution < -0.4 is 14.8 Å². The number of benzene rings is 2. The molecule has 0 spiro atoms. The fourth-order valence-electron chi connectivity index (χ4n) is 2.46. The van der Waals surface area contributed by atoms with E-state index in [1.807, 2.05) is 24.3 Å². The second-order valence-corrected chi connectivity index (χ2v) is 6.01. The molecule has 23 heavy (non-hydrogen) atoms. The van der Waals surface area contributed by atoms with E-state index in [4.69, 9.17) is 9.47 Å². The lowest BCUT2D eigenvalue weighted by molar-refractivity contribution is -0.124. The van der Waals surface area contributed by atoms with Crippen molar-refractivity contribution < 1.29 is 18.7 Å². The van der Waals surface area contributed by atoms with Gasteiger partial charge in [-0.2, -0.15) is 0 Å². The molecule has 1 heterocycles. The Hall–Kier alpha value is -2.08. The highest BCUT2D eigenvalue weighted by Gasteiger charge is 2.22. The fourth-order valence-corrected chi connectivity index (χ4v) is 2.93. The lowest BCUT2D eigenvalue weighted by Gasteiger charge is -2.26. The molecule has 0 fully saturated rings. The minimum absolute atomic E-state index is 0.0901. The minimum Gasteiger partial charge on any atom is -0.493 e. The van der Waals surface area contributed by atoms with Crippen LogP contribution in [0.5, 0.6) is 11.5 Å². The zero-order valence-electron chi connectivity index (χ0n) is 12.2. The zero-order chi connectivity index (χ0) is 16.2. The molecule has 1 amide bonds. The van der Waals surface area contributed by atoms with Crippen LogP contribution in [0, 0.1) is 5.82 Å². The topological polar surface area (TPSA) is 47.6 Å². The van der Waals surface area contributed by atoms with Gasteiger partial charge in [0.1, 0.15) is 17.3 Å². The molecule has 1 aliphatic heterocycles. The minimum atomic E-state index is -0.368. The molecule has 1 atom stereocenters. The normalized spacial score (nSPS) is 16.2. The third kappa shape index (κ3) is 3.82. The SMILES string of the molecule is O=C(COc1ccc(F)cc1Br)N[C@@H]1CCOc2ccccc21. The summed E-state index contributed by atoms with van der Waals surface area (Å²) in [4.78, 5) is 12.1. The molecule has 0 bridgehead atoms. The number of ether oxygens (including phenoxy) is 2. The number of hydrogen-bond acceptors (Lipinski definition) is 3. The average Bonchev–Trinajstić information content (AvgIpc) is 2.54. The Bertz CT molecular complexity index is 723. The molecule has 0 radical (unpaired) electrons. The number of carbonyl (C=O) groups is 1. The maximum Gasteiger partial charge on any atom is 0.258 e. The van der Waals surface area contributed by atoms with Gasteiger partial charge in [0.05, 0.1) is 17.1 Å². The van der Waals surface area contributed by atoms with E-state index in [0.29, 0.717) is 23.2 Å². The summed E-state index contributed by atoms with van der Waals surface area (Å²) in [5.74, 6) is 0.621. The van der Waals surface area contributed by atoms with E-state index in [1.165, 1.54) is 18.2 Å². The fraction of sp³-hybridized carbons (Fsp3) is 0.235. The standard InChI is InChI=1S/C17H15BrFNO3/c18-13-9-11(19)5-6-16(13)23-10-17(21)20-14-7-8-22-15-4-2-1-3-12(14)15/h1-6,9,14H,7-8,10H2,(H,20,21)/t14-/m1/s1. The van der Waals surface area contributed by atoms with Crippen LogP contribution >= 0.6 is 15.9 Å². The highest BCUT2D eigenvalue weighted by atomic mass is 79.9. The van der Waals surface area contributed by atoms with Crippen molar-refractivity contribution in [2.75, 3.05) is 13.2 Å². The monoisotopic (exact) mass is 379 g/mol. The number of fused-ring (bicyclic) bond motifs is 1. The molecule has 0 unspecified atom stereocenters. The van der Waals surface area contributed by atoms with E-state index in [-0.39, 0.29) is 24.4 Å². The maximum atomic E-state index is 13.0. The van der Waals surface area contributed by atoms with E-state index >= 15 is 0 Å². The van der Waals surface area contributed by atoms with Crippen LogP contribution in [0.1, 0.15) is 18.0 Å². The van der Waals surface area contributed by atoms with Crippen LogP contribution in [0.2, 0.25) is 0 Å². The Balaban J connectivity index is 1.60. The zero-order valence-corrected chi connectivity index (χ0v) is 13.8. The Kier molecular flexibility index (Phi) is 4.81. The molecule has 0 aromatic heterocycles. The lowest BCUT2D eigenvalue weighted by Crippen LogP contribution is -2.35. The van der Waals surface area contributed by atoms with Gasteiger partial charge in [-0.05, 0) is 40.2 Å². The number of rotatable bonds is 4. The summed E-state index contributed by atoms with van der Waals surface area (Å²) >= 11 is 3.20. The second-order valence-electron chi connectivity index (χ2n) is 5.16. The van der Waals surface area contributed by atoms with Crippen molar-refractivity contribution in [2.45, 2.75) is 12.5 Å². The summed E-state index contributed by atoms with van der Waals surface area (Å²) in [6, 6.07) is 11.6. The van der Waals surface area contributed by atoms with Crippen LogP contribution in [0.3, 0.4) is 0 Å². The molecule has 3 rings (SSSR count). The molecular weight excluding hydrogens is 365 g/mol. The molecule has 2 aromatic carbocycles. The first-order chi connectivity index (χ1) is 11.1. The highest BCUT2D eigenvalue weighted by Crippen LogP contribution is 2.31. The van der Waals surface area contributed by atoms with Crippen molar-refractivity contribution in [1.82, 2.24) is 5.32 Å². The van der Waals surface area contributed by atoms with Crippen LogP contribution in [0.25, 0.3) is 0 Å². The van der Waals surface area contributed by atoms with Crippen LogP contribution in [0.4, 0.5) is 4.39 Å². The Labute approximate surface area is 141 Å². The van der Waals surface area contributed by atoms with Crippen molar-refractivity contribution in [1.29, 1.82) is 0 Å². The smallest absolute Gasteiger partial charge is 0.258 e. The number of carbonyl (C=O) groups excluding carboxylic acids is 1. The van der Waals surface area contributed by atoms with Gasteiger partial charge in [0, 0.05) is 12.0 Å². The third-order valence-corrected chi connectivity index (χ3v) is 4.17. The Morgan fingerprint density at radius 1 is 1.35 bits per heavy atom. The van der Waals surface area contributed by atoms with Crippen molar-refractivity contribution in [3.05, 3.63) is 58.3 Å². The quantitative estimate of drug-likeness (QED) is 0.882. The van der Waals surface area contributed by atoms with E-state index in [0.717, 1.165) is 11.3 Å². The molecule has 0 saturated heterocycles. The molecule has 120 valence electrons. The molecule has 4 nitrogen and oxygen atoms in total. The number of para-hydroxylation sites is 1. The first-order valence-corrected chi connectivity index (χ1v) is 8.02. The van der Waals surface area contributed by atoms with E-state index in [1.54, 1.807) is 0 Å². The second kappa shape index (κ2) is 7.00. The van der Waals surface area contributed by atoms with Crippen molar-refractivity contribution in [3.8, 4) is 11.5 Å². The van der Waals surface area contributed by atoms with Gasteiger partial charge in [0.2, 0.25) is 0 Å². The summed E-state index contributed by atoms with van der Waals surface area (Å²) in [6.45, 7) is 0.427. The molecule has 1 aliphatic rings. The van der Waals surface area contributed by atoms with Gasteiger partial charge in [0.25, 0.3) is 5.91 Å². The summed E-state index contributed by atoms with van der Waals surface area (Å²) in [7, 11) is 0. The Morgan fingerprint density at radius 2 is 2.17 bits per heavy atom. The summed E-state index contributed by atoms with van der Waals surface area (Å²) in [5.41, 5.74) is 0.968. The molecule has 2 aromatic rings. The predicted molar refractivity (Wildman–Crippen MR) is 87.0 cm³/mol. The Morgan fingerprint density at radius 3 is 3.00 bits per heavy atom. The van der Waals surface area contributed by atoms with Gasteiger partial charge in [0.15, 0.2) is 6.61 Å². The van der Waals surface area contributed by atoms with Crippen LogP contribution in [0.15, 0.2) is 46.9 Å². The maximum absolute atomic E-state index is 13.0. The van der Waals surface area contributed by atoms with Gasteiger partial charge in [-0.3, -0.25) is 4.79 Å². The van der Waals surface area contributed by atoms with Gasteiger partial charge in [-0.25, -0.2) is 4.39 Å². The summed E-state index contributed by atoms with van der Waals surface area (Å²) in [6.07, 6.45) is 0.711. The first-order valence-electron chi connectivity index (χ1n) is 7.22. The molecule has 6 heteroatoms. The highest BCUT2D eigenvalue weighted by molar-refractivity contribution is 9.10. The summed E-state index contributed by atoms with van der Waals surface area (Å²) < 4.78 is 24.5. The van der Waals surface area contributed by atoms with Gasteiger partial charge in [-0.15, -0.1) is 0 Å². The van der Waals surface area contributed by atoms with Gasteiger partial charge < -0.3 is 14.8 Å². The van der Waals surface area contributed by atoms with Crippen molar-refractivity contribution in [2.24, 2.45) is 0 Å². The largest absolute Gasteiger partial charge is 0.493 e. The van der Waals surface area contributed by atoms with Crippen molar-refractivity contribution >= 4 is 21.8 Å². The third-order valence-electron chi connectivity index (χ3n) is 3.55. The number of hydrogen-bond donors (Lipinski definition) is 1. The van der Waals surface area contributed by atoms with Gasteiger partial charge in [-0.1, -0.05) is 18.2 Å². The van der Waals surface area contributed by atoms with Crippen LogP contribution in [-0.2, 0) is 4.79 Å². The van der Waals surface area contributed by atoms with Crippen molar-refractivity contribution in [3.63, 3.8) is 0 Å². The van der Waals surface area contributed by atoms with E-state index in [9.17, 15) is 9.18 Å². The molecule has 1 N–H and O–H groups in total. The summed E-state index contributed by atoms with van der Waals surface area (Å²) in [5, 5.41) is 2.94. The number of halogens is 2. The number of nitrogens with one attached hydrogen (secondary N) is 1. The van der Waals surface area contributed by atoms with Crippen LogP contribution in [-0.4, -0.2) is 19.1 Å². The average molecular weight is 380 g/mol. The predicted octanol–water partition coefficient (Wildman–Crippen LogP) is 3.61. The first kappa shape index (κ1) is 15.8. The van der Waals surface area contributed by atoms with E-state index in [2.05, 4.69) is 21.2 Å². The molecule has 0 saturated carbocycles. The molecule has 0 aliphatic carbocycles. The number of amides is 1. The molecular formula is C17H15BrFNO3. The van der Waals surface area contributed by atoms with Gasteiger partial charge >= 0.3 is 0 Å². The van der Waals surface area contributed by atoms with E-state index < -0.39 is 0 Å². The lowest BCUT2D eigenvalue weighted by atomic mass is 10.0.